The van der Waals surface area contributed by atoms with Crippen LogP contribution in [0.3, 0.4) is 0 Å². The number of benzene rings is 5. The van der Waals surface area contributed by atoms with Crippen LogP contribution < -0.4 is 34.1 Å². The third-order valence-electron chi connectivity index (χ3n) is 12.3. The maximum Gasteiger partial charge on any atom is 0.335 e. The predicted molar refractivity (Wildman–Crippen MR) is 255 cm³/mol. The van der Waals surface area contributed by atoms with Crippen molar-refractivity contribution in [2.75, 3.05) is 44.9 Å². The van der Waals surface area contributed by atoms with Crippen molar-refractivity contribution in [1.82, 2.24) is 10.3 Å². The predicted octanol–water partition coefficient (Wildman–Crippen LogP) is 8.59. The third kappa shape index (κ3) is 9.77. The van der Waals surface area contributed by atoms with Crippen LogP contribution in [0.15, 0.2) is 121 Å². The van der Waals surface area contributed by atoms with E-state index < -0.39 is 18.1 Å². The first-order chi connectivity index (χ1) is 31.8. The van der Waals surface area contributed by atoms with E-state index in [1.165, 1.54) is 0 Å². The Balaban J connectivity index is 1.19. The summed E-state index contributed by atoms with van der Waals surface area (Å²) in [6.07, 6.45) is 4.55. The summed E-state index contributed by atoms with van der Waals surface area (Å²) >= 11 is 0. The number of carbonyl (C=O) groups excluding carboxylic acids is 1. The molecule has 0 saturated carbocycles. The van der Waals surface area contributed by atoms with Crippen LogP contribution in [0.2, 0.25) is 0 Å². The van der Waals surface area contributed by atoms with E-state index in [2.05, 4.69) is 71.4 Å². The number of ether oxygens (including phenoxy) is 4. The lowest BCUT2D eigenvalue weighted by molar-refractivity contribution is 0.171. The molecule has 5 aromatic carbocycles. The molecule has 3 aliphatic rings. The summed E-state index contributed by atoms with van der Waals surface area (Å²) in [7, 11) is 1.58. The highest BCUT2D eigenvalue weighted by Gasteiger charge is 2.43. The molecular formula is C55H55N3O7. The first-order valence-corrected chi connectivity index (χ1v) is 22.6. The highest BCUT2D eigenvalue weighted by Crippen LogP contribution is 2.55. The number of hydrogen-bond acceptors (Lipinski definition) is 8. The fraction of sp³-hybridized carbons (Fsp3) is 0.291. The van der Waals surface area contributed by atoms with Crippen LogP contribution in [0.25, 0.3) is 17.2 Å². The van der Waals surface area contributed by atoms with Crippen LogP contribution >= 0.6 is 0 Å². The van der Waals surface area contributed by atoms with Crippen molar-refractivity contribution in [3.8, 4) is 51.7 Å². The summed E-state index contributed by atoms with van der Waals surface area (Å²) in [4.78, 5) is 19.7. The molecule has 0 spiro atoms. The maximum absolute atomic E-state index is 12.3. The van der Waals surface area contributed by atoms with Gasteiger partial charge in [0.25, 0.3) is 0 Å². The number of piperazine rings is 1. The summed E-state index contributed by atoms with van der Waals surface area (Å²) in [6.45, 7) is 4.74. The lowest BCUT2D eigenvalue weighted by Gasteiger charge is -2.40. The standard InChI is InChI=1S/C55H54N3O7/c1-3-42-33-46-40-16-10-15-38(31-40)32-41(18-21-43-35-58(28-27-56-43)55(46)57-42)49-51-50(47(61)34-48(65-51)39-19-23-44(59)24-20-39)53(64-30-26-45(60)22-17-36-11-6-4-7-12-36)54(62-2)52(49)63-29-25-37-13-8-5-9-14-37/h4-17,19-20,22-24,31,33,41,43,45,48,56,59-60H,3,25-30,32,34-35H2,1-2H3/q-1/p+1. The minimum atomic E-state index is -0.800. The van der Waals surface area contributed by atoms with Gasteiger partial charge in [-0.15, -0.1) is 0 Å². The second kappa shape index (κ2) is 19.9. The van der Waals surface area contributed by atoms with E-state index in [9.17, 15) is 15.0 Å². The number of anilines is 1. The van der Waals surface area contributed by atoms with Gasteiger partial charge in [0.2, 0.25) is 5.75 Å². The van der Waals surface area contributed by atoms with Gasteiger partial charge in [-0.25, -0.2) is 0 Å². The topological polar surface area (TPSA) is 128 Å². The van der Waals surface area contributed by atoms with Crippen molar-refractivity contribution in [1.29, 1.82) is 0 Å². The van der Waals surface area contributed by atoms with Gasteiger partial charge in [0.1, 0.15) is 24.0 Å². The number of rotatable bonds is 14. The Bertz CT molecular complexity index is 2700. The number of aliphatic hydroxyl groups is 1. The first-order valence-electron chi connectivity index (χ1n) is 22.6. The summed E-state index contributed by atoms with van der Waals surface area (Å²) in [5.74, 6) is 9.38. The number of fused-ring (bicyclic) bond motifs is 8. The van der Waals surface area contributed by atoms with Crippen LogP contribution in [0, 0.1) is 11.8 Å². The second-order valence-corrected chi connectivity index (χ2v) is 16.8. The number of aromatic nitrogens is 1. The molecule has 1 saturated heterocycles. The quantitative estimate of drug-likeness (QED) is 0.0729. The molecule has 65 heavy (non-hydrogen) atoms. The number of hydrogen-bond donors (Lipinski definition) is 3. The monoisotopic (exact) mass is 869 g/mol. The van der Waals surface area contributed by atoms with Gasteiger partial charge in [-0.1, -0.05) is 146 Å². The zero-order valence-electron chi connectivity index (χ0n) is 36.9. The number of aromatic hydroxyl groups is 1. The number of aliphatic hydroxyl groups excluding tert-OH is 1. The fourth-order valence-corrected chi connectivity index (χ4v) is 8.92. The molecule has 6 aromatic rings. The van der Waals surface area contributed by atoms with Crippen molar-refractivity contribution in [2.45, 2.75) is 63.2 Å². The molecule has 9 rings (SSSR count). The number of nitrogens with one attached hydrogen (secondary N) is 1. The molecule has 0 aliphatic carbocycles. The summed E-state index contributed by atoms with van der Waals surface area (Å²) in [5.41, 5.74) is 8.18. The third-order valence-corrected chi connectivity index (χ3v) is 12.3. The Labute approximate surface area is 380 Å². The summed E-state index contributed by atoms with van der Waals surface area (Å²) < 4.78 is 27.0. The van der Waals surface area contributed by atoms with Gasteiger partial charge in [-0.2, -0.15) is 0 Å². The van der Waals surface area contributed by atoms with Gasteiger partial charge in [0.15, 0.2) is 17.1 Å². The van der Waals surface area contributed by atoms with Crippen molar-refractivity contribution in [3.05, 3.63) is 160 Å². The Morgan fingerprint density at radius 1 is 0.908 bits per heavy atom. The Kier molecular flexibility index (Phi) is 13.2. The average molecular weight is 870 g/mol. The zero-order valence-corrected chi connectivity index (χ0v) is 36.9. The molecule has 4 N–H and O–H groups in total. The number of phenolic OH excluding ortho intramolecular Hbond substituents is 1. The molecule has 4 bridgehead atoms. The molecular weight excluding hydrogens is 815 g/mol. The molecule has 10 nitrogen and oxygen atoms in total. The van der Waals surface area contributed by atoms with E-state index in [-0.39, 0.29) is 42.8 Å². The second-order valence-electron chi connectivity index (χ2n) is 16.8. The van der Waals surface area contributed by atoms with E-state index in [1.807, 2.05) is 54.6 Å². The van der Waals surface area contributed by atoms with Gasteiger partial charge >= 0.3 is 5.78 Å². The molecule has 10 heteroatoms. The van der Waals surface area contributed by atoms with Crippen molar-refractivity contribution in [3.63, 3.8) is 0 Å². The van der Waals surface area contributed by atoms with Crippen molar-refractivity contribution in [2.24, 2.45) is 0 Å². The molecule has 0 radical (unpaired) electrons. The highest BCUT2D eigenvalue weighted by atomic mass is 16.5. The van der Waals surface area contributed by atoms with E-state index in [1.54, 1.807) is 37.5 Å². The number of methoxy groups -OCH3 is 1. The number of phenols is 1. The van der Waals surface area contributed by atoms with E-state index in [0.717, 1.165) is 64.4 Å². The normalized spacial score (nSPS) is 18.2. The average Bonchev–Trinajstić information content (AvgIpc) is 3.78. The van der Waals surface area contributed by atoms with Crippen LogP contribution in [-0.4, -0.2) is 72.9 Å². The molecule has 3 aliphatic heterocycles. The van der Waals surface area contributed by atoms with Crippen molar-refractivity contribution >= 4 is 17.7 Å². The van der Waals surface area contributed by atoms with Gasteiger partial charge in [0.05, 0.1) is 44.0 Å². The highest BCUT2D eigenvalue weighted by molar-refractivity contribution is 6.05. The lowest BCUT2D eigenvalue weighted by Crippen LogP contribution is -2.50. The summed E-state index contributed by atoms with van der Waals surface area (Å²) in [5, 5.41) is 24.9. The Hall–Kier alpha value is -6.93. The molecule has 4 heterocycles. The molecule has 1 aromatic heterocycles. The molecule has 0 amide bonds. The van der Waals surface area contributed by atoms with E-state index in [0.29, 0.717) is 54.4 Å². The van der Waals surface area contributed by atoms with Crippen LogP contribution in [0.5, 0.6) is 28.7 Å². The Morgan fingerprint density at radius 2 is 1.69 bits per heavy atom. The molecule has 4 unspecified atom stereocenters. The number of nitrogens with zero attached hydrogens (tertiary/aromatic N) is 2. The van der Waals surface area contributed by atoms with Gasteiger partial charge in [0, 0.05) is 12.8 Å². The fourth-order valence-electron chi connectivity index (χ4n) is 8.92. The van der Waals surface area contributed by atoms with Gasteiger partial charge < -0.3 is 44.4 Å². The molecule has 332 valence electrons. The Morgan fingerprint density at radius 3 is 2.48 bits per heavy atom. The van der Waals surface area contributed by atoms with Crippen LogP contribution in [-0.2, 0) is 19.3 Å². The minimum Gasteiger partial charge on any atom is -0.508 e. The van der Waals surface area contributed by atoms with Crippen LogP contribution in [0.1, 0.15) is 70.9 Å². The van der Waals surface area contributed by atoms with E-state index >= 15 is 0 Å². The molecule has 1 fully saturated rings. The van der Waals surface area contributed by atoms with Crippen molar-refractivity contribution < 1.29 is 34.0 Å². The van der Waals surface area contributed by atoms with E-state index in [4.69, 9.17) is 23.9 Å². The maximum atomic E-state index is 12.3. The lowest BCUT2D eigenvalue weighted by atomic mass is 9.85. The molecule has 4 atom stereocenters. The van der Waals surface area contributed by atoms with Gasteiger partial charge in [-0.05, 0) is 78.0 Å². The number of aryl methyl sites for hydroxylation is 1. The first kappa shape index (κ1) is 43.3. The smallest absolute Gasteiger partial charge is 0.335 e. The minimum absolute atomic E-state index is 0.0508. The zero-order chi connectivity index (χ0) is 44.7. The number of ketones is 1. The largest absolute Gasteiger partial charge is 0.508 e. The van der Waals surface area contributed by atoms with Crippen LogP contribution in [0.4, 0.5) is 5.82 Å². The SMILES string of the molecule is CCc1cc2c([n-]1)N1CCNC(C#CC(c3c(OCCc4ccccc4)c(OC)c(OCCC(O)C=Cc4ccccc4)c4c3OC(c3ccc(O)cc3)CC4=[OH+])Cc3cccc-2c3)C1. The van der Waals surface area contributed by atoms with Gasteiger partial charge in [-0.3, -0.25) is 4.79 Å². The summed E-state index contributed by atoms with van der Waals surface area (Å²) in [6, 6.07) is 37.5.